The third kappa shape index (κ3) is 4.76. The van der Waals surface area contributed by atoms with Gasteiger partial charge in [0.2, 0.25) is 11.8 Å². The van der Waals surface area contributed by atoms with E-state index in [-0.39, 0.29) is 74.5 Å². The summed E-state index contributed by atoms with van der Waals surface area (Å²) in [5.74, 6) is -1.41. The molecule has 2 bridgehead atoms. The number of hydrogen-bond acceptors (Lipinski definition) is 6. The van der Waals surface area contributed by atoms with Crippen LogP contribution in [0.25, 0.3) is 0 Å². The lowest BCUT2D eigenvalue weighted by atomic mass is 10.1. The van der Waals surface area contributed by atoms with Crippen LogP contribution < -0.4 is 15.4 Å². The van der Waals surface area contributed by atoms with E-state index in [9.17, 15) is 23.6 Å². The summed E-state index contributed by atoms with van der Waals surface area (Å²) in [6, 6.07) is 2.95. The molecule has 0 spiro atoms. The Balaban J connectivity index is 1.55. The number of carbonyl (C=O) groups is 4. The van der Waals surface area contributed by atoms with Crippen LogP contribution >= 0.6 is 0 Å². The molecule has 32 heavy (non-hydrogen) atoms. The van der Waals surface area contributed by atoms with Crippen molar-refractivity contribution in [3.8, 4) is 5.75 Å². The Hall–Kier alpha value is -3.37. The van der Waals surface area contributed by atoms with Crippen LogP contribution in [-0.4, -0.2) is 85.1 Å². The molecule has 0 unspecified atom stereocenters. The van der Waals surface area contributed by atoms with E-state index >= 15 is 0 Å². The van der Waals surface area contributed by atoms with Gasteiger partial charge in [0.15, 0.2) is 0 Å². The second-order valence-corrected chi connectivity index (χ2v) is 7.97. The summed E-state index contributed by atoms with van der Waals surface area (Å²) in [7, 11) is 0. The molecule has 2 N–H and O–H groups in total. The van der Waals surface area contributed by atoms with Crippen molar-refractivity contribution in [1.82, 2.24) is 20.4 Å². The maximum atomic E-state index is 13.8. The van der Waals surface area contributed by atoms with Gasteiger partial charge in [0, 0.05) is 25.0 Å². The van der Waals surface area contributed by atoms with E-state index in [1.54, 1.807) is 4.90 Å². The van der Waals surface area contributed by atoms with Crippen LogP contribution in [0.15, 0.2) is 18.2 Å². The first-order chi connectivity index (χ1) is 15.4. The summed E-state index contributed by atoms with van der Waals surface area (Å²) >= 11 is 0. The minimum absolute atomic E-state index is 0.0422. The number of carbonyl (C=O) groups excluding carboxylic acids is 4. The van der Waals surface area contributed by atoms with Crippen LogP contribution in [0.1, 0.15) is 29.6 Å². The molecule has 2 fully saturated rings. The van der Waals surface area contributed by atoms with Gasteiger partial charge < -0.3 is 25.0 Å². The van der Waals surface area contributed by atoms with Crippen molar-refractivity contribution in [3.05, 3.63) is 29.6 Å². The fourth-order valence-corrected chi connectivity index (χ4v) is 4.33. The van der Waals surface area contributed by atoms with E-state index in [2.05, 4.69) is 10.6 Å². The topological polar surface area (TPSA) is 117 Å². The fourth-order valence-electron chi connectivity index (χ4n) is 4.33. The summed E-state index contributed by atoms with van der Waals surface area (Å²) in [5.41, 5.74) is 0.0422. The number of fused-ring (bicyclic) bond motifs is 3. The SMILES string of the molecule is O=C1C[C@@H]2CC[C@H](CNC(=O)c3cc(F)ccc3OCCN1)N2C(=O)CN1CCOC1=O. The minimum atomic E-state index is -0.577. The first-order valence-electron chi connectivity index (χ1n) is 10.6. The molecule has 4 rings (SSSR count). The predicted molar refractivity (Wildman–Crippen MR) is 108 cm³/mol. The third-order valence-electron chi connectivity index (χ3n) is 5.87. The van der Waals surface area contributed by atoms with Gasteiger partial charge in [-0.05, 0) is 31.0 Å². The van der Waals surface area contributed by atoms with E-state index < -0.39 is 17.8 Å². The largest absolute Gasteiger partial charge is 0.491 e. The van der Waals surface area contributed by atoms with Crippen LogP contribution in [0.4, 0.5) is 9.18 Å². The molecule has 3 aliphatic heterocycles. The number of benzene rings is 1. The zero-order chi connectivity index (χ0) is 22.7. The second kappa shape index (κ2) is 9.41. The lowest BCUT2D eigenvalue weighted by Crippen LogP contribution is -2.51. The number of halogens is 1. The molecule has 1 aromatic rings. The molecular weight excluding hydrogens is 423 g/mol. The zero-order valence-electron chi connectivity index (χ0n) is 17.5. The number of nitrogens with zero attached hydrogens (tertiary/aromatic N) is 2. The maximum Gasteiger partial charge on any atom is 0.410 e. The Labute approximate surface area is 184 Å². The van der Waals surface area contributed by atoms with E-state index in [1.165, 1.54) is 17.0 Å². The Bertz CT molecular complexity index is 926. The van der Waals surface area contributed by atoms with Crippen LogP contribution in [0.5, 0.6) is 5.75 Å². The molecule has 3 heterocycles. The summed E-state index contributed by atoms with van der Waals surface area (Å²) in [4.78, 5) is 53.0. The molecule has 11 heteroatoms. The average Bonchev–Trinajstić information content (AvgIpc) is 3.35. The van der Waals surface area contributed by atoms with E-state index in [1.807, 2.05) is 0 Å². The maximum absolute atomic E-state index is 13.8. The smallest absolute Gasteiger partial charge is 0.410 e. The number of rotatable bonds is 2. The van der Waals surface area contributed by atoms with Crippen molar-refractivity contribution >= 4 is 23.8 Å². The number of nitrogens with one attached hydrogen (secondary N) is 2. The lowest BCUT2D eigenvalue weighted by molar-refractivity contribution is -0.135. The Morgan fingerprint density at radius 1 is 1.09 bits per heavy atom. The monoisotopic (exact) mass is 448 g/mol. The Kier molecular flexibility index (Phi) is 6.42. The third-order valence-corrected chi connectivity index (χ3v) is 5.87. The van der Waals surface area contributed by atoms with Gasteiger partial charge in [-0.2, -0.15) is 0 Å². The molecule has 1 aromatic carbocycles. The molecule has 4 amide bonds. The van der Waals surface area contributed by atoms with Gasteiger partial charge in [0.1, 0.15) is 31.3 Å². The van der Waals surface area contributed by atoms with Crippen molar-refractivity contribution < 1.29 is 33.0 Å². The summed E-state index contributed by atoms with van der Waals surface area (Å²) < 4.78 is 24.2. The summed E-state index contributed by atoms with van der Waals surface area (Å²) in [5, 5.41) is 5.51. The first kappa shape index (κ1) is 21.8. The first-order valence-corrected chi connectivity index (χ1v) is 10.6. The molecular formula is C21H25FN4O6. The minimum Gasteiger partial charge on any atom is -0.491 e. The van der Waals surface area contributed by atoms with Crippen molar-refractivity contribution in [2.45, 2.75) is 31.3 Å². The molecule has 10 nitrogen and oxygen atoms in total. The number of amides is 4. The van der Waals surface area contributed by atoms with Gasteiger partial charge in [0.05, 0.1) is 18.7 Å². The van der Waals surface area contributed by atoms with Crippen LogP contribution in [0.2, 0.25) is 0 Å². The van der Waals surface area contributed by atoms with Gasteiger partial charge in [-0.1, -0.05) is 0 Å². The molecule has 0 aliphatic carbocycles. The van der Waals surface area contributed by atoms with E-state index in [0.29, 0.717) is 19.4 Å². The predicted octanol–water partition coefficient (Wildman–Crippen LogP) is 0.266. The van der Waals surface area contributed by atoms with Crippen LogP contribution in [0.3, 0.4) is 0 Å². The van der Waals surface area contributed by atoms with Gasteiger partial charge in [-0.15, -0.1) is 0 Å². The molecule has 2 atom stereocenters. The second-order valence-electron chi connectivity index (χ2n) is 7.97. The molecule has 172 valence electrons. The van der Waals surface area contributed by atoms with Gasteiger partial charge in [-0.3, -0.25) is 19.3 Å². The van der Waals surface area contributed by atoms with Crippen LogP contribution in [0, 0.1) is 5.82 Å². The fraction of sp³-hybridized carbons (Fsp3) is 0.524. The van der Waals surface area contributed by atoms with E-state index in [0.717, 1.165) is 6.07 Å². The van der Waals surface area contributed by atoms with Gasteiger partial charge >= 0.3 is 6.09 Å². The lowest BCUT2D eigenvalue weighted by Gasteiger charge is -2.32. The van der Waals surface area contributed by atoms with Crippen molar-refractivity contribution in [1.29, 1.82) is 0 Å². The highest BCUT2D eigenvalue weighted by atomic mass is 19.1. The molecule has 0 saturated carbocycles. The average molecular weight is 448 g/mol. The molecule has 3 aliphatic rings. The van der Waals surface area contributed by atoms with Crippen molar-refractivity contribution in [2.24, 2.45) is 0 Å². The number of hydrogen-bond donors (Lipinski definition) is 2. The Morgan fingerprint density at radius 2 is 1.91 bits per heavy atom. The van der Waals surface area contributed by atoms with E-state index in [4.69, 9.17) is 9.47 Å². The highest BCUT2D eigenvalue weighted by Crippen LogP contribution is 2.27. The normalized spacial score (nSPS) is 24.1. The summed E-state index contributed by atoms with van der Waals surface area (Å²) in [6.45, 7) is 0.834. The Morgan fingerprint density at radius 3 is 2.69 bits per heavy atom. The van der Waals surface area contributed by atoms with Crippen LogP contribution in [-0.2, 0) is 14.3 Å². The quantitative estimate of drug-likeness (QED) is 0.671. The highest BCUT2D eigenvalue weighted by Gasteiger charge is 2.39. The number of cyclic esters (lactones) is 1. The van der Waals surface area contributed by atoms with Crippen molar-refractivity contribution in [3.63, 3.8) is 0 Å². The highest BCUT2D eigenvalue weighted by molar-refractivity contribution is 5.97. The molecule has 0 radical (unpaired) electrons. The molecule has 2 saturated heterocycles. The van der Waals surface area contributed by atoms with Gasteiger partial charge in [-0.25, -0.2) is 9.18 Å². The zero-order valence-corrected chi connectivity index (χ0v) is 17.5. The molecule has 0 aromatic heterocycles. The van der Waals surface area contributed by atoms with Gasteiger partial charge in [0.25, 0.3) is 5.91 Å². The van der Waals surface area contributed by atoms with Crippen molar-refractivity contribution in [2.75, 3.05) is 39.4 Å². The number of ether oxygens (including phenoxy) is 2. The standard InChI is InChI=1S/C21H25FN4O6/c22-13-1-4-17-16(9-13)20(29)24-11-15-3-2-14(10-18(27)23-5-7-31-17)26(15)19(28)12-25-6-8-32-21(25)30/h1,4,9,14-15H,2-3,5-8,10-12H2,(H,23,27)(H,24,29)/t14-,15+/m0/s1. The summed E-state index contributed by atoms with van der Waals surface area (Å²) in [6.07, 6.45) is 0.743.